The lowest BCUT2D eigenvalue weighted by Gasteiger charge is -2.05. The molecule has 12 heavy (non-hydrogen) atoms. The summed E-state index contributed by atoms with van der Waals surface area (Å²) in [6.07, 6.45) is 1.35. The number of hydrogen-bond acceptors (Lipinski definition) is 1. The summed E-state index contributed by atoms with van der Waals surface area (Å²) in [4.78, 5) is 0. The molecule has 0 radical (unpaired) electrons. The normalized spacial score (nSPS) is 9.58. The van der Waals surface area contributed by atoms with E-state index in [1.807, 2.05) is 0 Å². The van der Waals surface area contributed by atoms with Crippen LogP contribution in [-0.4, -0.2) is 7.05 Å². The molecule has 0 atom stereocenters. The summed E-state index contributed by atoms with van der Waals surface area (Å²) in [6.45, 7) is 3.43. The first kappa shape index (κ1) is 8.71. The molecule has 0 amide bonds. The van der Waals surface area contributed by atoms with Crippen LogP contribution in [0.2, 0.25) is 0 Å². The van der Waals surface area contributed by atoms with Crippen LogP contribution in [0.3, 0.4) is 0 Å². The van der Waals surface area contributed by atoms with Crippen LogP contribution in [0.15, 0.2) is 18.7 Å². The van der Waals surface area contributed by atoms with Gasteiger partial charge in [0, 0.05) is 24.4 Å². The van der Waals surface area contributed by atoms with Crippen LogP contribution in [0.25, 0.3) is 6.08 Å². The third kappa shape index (κ3) is 1.44. The molecule has 1 aromatic rings. The summed E-state index contributed by atoms with van der Waals surface area (Å²) in [6, 6.07) is 2.05. The molecule has 0 saturated carbocycles. The molecular weight excluding hydrogens is 160 g/mol. The molecule has 0 bridgehead atoms. The van der Waals surface area contributed by atoms with Gasteiger partial charge in [0.25, 0.3) is 0 Å². The summed E-state index contributed by atoms with van der Waals surface area (Å²) in [7, 11) is 1.60. The summed E-state index contributed by atoms with van der Waals surface area (Å²) in [5.74, 6) is -1.20. The molecule has 64 valence electrons. The van der Waals surface area contributed by atoms with Crippen molar-refractivity contribution in [3.63, 3.8) is 0 Å². The molecule has 1 nitrogen and oxygen atoms in total. The Morgan fingerprint density at radius 3 is 2.58 bits per heavy atom. The van der Waals surface area contributed by atoms with Crippen LogP contribution in [0.4, 0.5) is 14.5 Å². The number of benzene rings is 1. The Morgan fingerprint density at radius 1 is 1.42 bits per heavy atom. The molecule has 0 fully saturated rings. The Kier molecular flexibility index (Phi) is 2.43. The minimum atomic E-state index is -0.602. The van der Waals surface area contributed by atoms with E-state index in [-0.39, 0.29) is 0 Å². The van der Waals surface area contributed by atoms with Gasteiger partial charge in [-0.3, -0.25) is 0 Å². The van der Waals surface area contributed by atoms with Crippen LogP contribution < -0.4 is 5.32 Å². The average Bonchev–Trinajstić information content (AvgIpc) is 2.03. The molecule has 1 rings (SSSR count). The summed E-state index contributed by atoms with van der Waals surface area (Å²) < 4.78 is 25.6. The zero-order valence-electron chi connectivity index (χ0n) is 6.70. The first-order valence-electron chi connectivity index (χ1n) is 3.48. The predicted octanol–water partition coefficient (Wildman–Crippen LogP) is 2.65. The number of rotatable bonds is 2. The van der Waals surface area contributed by atoms with Crippen molar-refractivity contribution in [1.82, 2.24) is 0 Å². The monoisotopic (exact) mass is 169 g/mol. The van der Waals surface area contributed by atoms with Gasteiger partial charge in [0.15, 0.2) is 0 Å². The van der Waals surface area contributed by atoms with Crippen molar-refractivity contribution in [2.45, 2.75) is 0 Å². The molecule has 1 aromatic carbocycles. The second-order valence-corrected chi connectivity index (χ2v) is 2.30. The summed E-state index contributed by atoms with van der Waals surface area (Å²) >= 11 is 0. The number of anilines is 1. The first-order valence-corrected chi connectivity index (χ1v) is 3.48. The second kappa shape index (κ2) is 3.34. The molecule has 3 heteroatoms. The quantitative estimate of drug-likeness (QED) is 0.717. The van der Waals surface area contributed by atoms with E-state index in [9.17, 15) is 8.78 Å². The maximum atomic E-state index is 12.9. The Morgan fingerprint density at radius 2 is 2.08 bits per heavy atom. The number of hydrogen-bond donors (Lipinski definition) is 1. The Bertz CT molecular complexity index is 308. The van der Waals surface area contributed by atoms with Gasteiger partial charge in [-0.25, -0.2) is 8.78 Å². The Hall–Kier alpha value is -1.38. The number of halogens is 2. The van der Waals surface area contributed by atoms with Gasteiger partial charge in [-0.05, 0) is 6.07 Å². The van der Waals surface area contributed by atoms with Crippen LogP contribution >= 0.6 is 0 Å². The molecular formula is C9H9F2N. The molecule has 0 spiro atoms. The third-order valence-corrected chi connectivity index (χ3v) is 1.57. The highest BCUT2D eigenvalue weighted by atomic mass is 19.1. The van der Waals surface area contributed by atoms with Gasteiger partial charge >= 0.3 is 0 Å². The van der Waals surface area contributed by atoms with Crippen molar-refractivity contribution in [1.29, 1.82) is 0 Å². The van der Waals surface area contributed by atoms with E-state index in [4.69, 9.17) is 0 Å². The molecule has 1 N–H and O–H groups in total. The van der Waals surface area contributed by atoms with Crippen molar-refractivity contribution >= 4 is 11.8 Å². The fraction of sp³-hybridized carbons (Fsp3) is 0.111. The summed E-state index contributed by atoms with van der Waals surface area (Å²) in [5.41, 5.74) is 0.696. The van der Waals surface area contributed by atoms with Gasteiger partial charge in [0.05, 0.1) is 0 Å². The van der Waals surface area contributed by atoms with Gasteiger partial charge in [-0.15, -0.1) is 0 Å². The lowest BCUT2D eigenvalue weighted by molar-refractivity contribution is 0.582. The van der Waals surface area contributed by atoms with E-state index >= 15 is 0 Å². The fourth-order valence-electron chi connectivity index (χ4n) is 0.999. The maximum Gasteiger partial charge on any atom is 0.135 e. The zero-order valence-corrected chi connectivity index (χ0v) is 6.70. The largest absolute Gasteiger partial charge is 0.387 e. The van der Waals surface area contributed by atoms with E-state index in [1.165, 1.54) is 12.1 Å². The molecule has 0 aliphatic rings. The van der Waals surface area contributed by atoms with Crippen molar-refractivity contribution in [3.05, 3.63) is 35.9 Å². The topological polar surface area (TPSA) is 12.0 Å². The highest BCUT2D eigenvalue weighted by molar-refractivity contribution is 5.65. The average molecular weight is 169 g/mol. The van der Waals surface area contributed by atoms with Crippen LogP contribution in [0.1, 0.15) is 5.56 Å². The molecule has 0 aromatic heterocycles. The van der Waals surface area contributed by atoms with Crippen LogP contribution in [0.5, 0.6) is 0 Å². The second-order valence-electron chi connectivity index (χ2n) is 2.30. The summed E-state index contributed by atoms with van der Waals surface area (Å²) in [5, 5.41) is 2.68. The highest BCUT2D eigenvalue weighted by Crippen LogP contribution is 2.21. The SMILES string of the molecule is C=Cc1c(F)cc(F)cc1NC. The molecule has 0 heterocycles. The molecule has 0 aliphatic carbocycles. The van der Waals surface area contributed by atoms with E-state index in [1.54, 1.807) is 7.05 Å². The van der Waals surface area contributed by atoms with Gasteiger partial charge in [-0.1, -0.05) is 12.7 Å². The number of nitrogens with one attached hydrogen (secondary N) is 1. The predicted molar refractivity (Wildman–Crippen MR) is 46.0 cm³/mol. The Labute approximate surface area is 69.7 Å². The van der Waals surface area contributed by atoms with Crippen LogP contribution in [0, 0.1) is 11.6 Å². The minimum absolute atomic E-state index is 0.291. The van der Waals surface area contributed by atoms with E-state index in [2.05, 4.69) is 11.9 Å². The zero-order chi connectivity index (χ0) is 9.14. The van der Waals surface area contributed by atoms with Crippen LogP contribution in [-0.2, 0) is 0 Å². The van der Waals surface area contributed by atoms with Gasteiger partial charge in [0.1, 0.15) is 11.6 Å². The molecule has 0 unspecified atom stereocenters. The van der Waals surface area contributed by atoms with E-state index in [0.717, 1.165) is 6.07 Å². The lowest BCUT2D eigenvalue weighted by atomic mass is 10.1. The third-order valence-electron chi connectivity index (χ3n) is 1.57. The van der Waals surface area contributed by atoms with Crippen molar-refractivity contribution in [2.75, 3.05) is 12.4 Å². The maximum absolute atomic E-state index is 12.9. The smallest absolute Gasteiger partial charge is 0.135 e. The standard InChI is InChI=1S/C9H9F2N/c1-3-7-8(11)4-6(10)5-9(7)12-2/h3-5,12H,1H2,2H3. The van der Waals surface area contributed by atoms with Crippen molar-refractivity contribution in [3.8, 4) is 0 Å². The van der Waals surface area contributed by atoms with Gasteiger partial charge in [-0.2, -0.15) is 0 Å². The molecule has 0 aliphatic heterocycles. The first-order chi connectivity index (χ1) is 5.69. The van der Waals surface area contributed by atoms with Crippen molar-refractivity contribution in [2.24, 2.45) is 0 Å². The van der Waals surface area contributed by atoms with Crippen molar-refractivity contribution < 1.29 is 8.78 Å². The lowest BCUT2D eigenvalue weighted by Crippen LogP contribution is -1.95. The van der Waals surface area contributed by atoms with Gasteiger partial charge in [0.2, 0.25) is 0 Å². The highest BCUT2D eigenvalue weighted by Gasteiger charge is 2.06. The fourth-order valence-corrected chi connectivity index (χ4v) is 0.999. The van der Waals surface area contributed by atoms with E-state index < -0.39 is 11.6 Å². The molecule has 0 saturated heterocycles. The van der Waals surface area contributed by atoms with E-state index in [0.29, 0.717) is 11.3 Å². The van der Waals surface area contributed by atoms with Gasteiger partial charge < -0.3 is 5.32 Å². The Balaban J connectivity index is 3.33. The minimum Gasteiger partial charge on any atom is -0.387 e.